The van der Waals surface area contributed by atoms with Crippen LogP contribution in [0.15, 0.2) is 29.1 Å². The molecule has 0 radical (unpaired) electrons. The standard InChI is InChI=1S/C21H30N4O3/c1-4-18(24-13-11-22-15(2)14-24)20-23-17-9-6-5-8-16(17)21(27)25(20)12-7-10-19(26)28-3/h5-6,8-9,15,18,22H,4,7,10-14H2,1-3H3/t15-,18-/m1/s1. The van der Waals surface area contributed by atoms with Gasteiger partial charge in [0.2, 0.25) is 0 Å². The van der Waals surface area contributed by atoms with Gasteiger partial charge in [0.1, 0.15) is 5.82 Å². The zero-order valence-corrected chi connectivity index (χ0v) is 17.0. The molecule has 1 aliphatic rings. The van der Waals surface area contributed by atoms with Crippen LogP contribution < -0.4 is 10.9 Å². The van der Waals surface area contributed by atoms with Crippen LogP contribution in [0.25, 0.3) is 10.9 Å². The van der Waals surface area contributed by atoms with E-state index in [1.807, 2.05) is 24.3 Å². The summed E-state index contributed by atoms with van der Waals surface area (Å²) >= 11 is 0. The van der Waals surface area contributed by atoms with Crippen LogP contribution in [-0.4, -0.2) is 53.2 Å². The predicted molar refractivity (Wildman–Crippen MR) is 109 cm³/mol. The fourth-order valence-electron chi connectivity index (χ4n) is 3.99. The highest BCUT2D eigenvalue weighted by Gasteiger charge is 2.27. The molecule has 0 bridgehead atoms. The number of esters is 1. The number of hydrogen-bond donors (Lipinski definition) is 1. The highest BCUT2D eigenvalue weighted by Crippen LogP contribution is 2.25. The predicted octanol–water partition coefficient (Wildman–Crippen LogP) is 2.09. The largest absolute Gasteiger partial charge is 0.469 e. The molecule has 1 N–H and O–H groups in total. The van der Waals surface area contributed by atoms with Crippen molar-refractivity contribution in [2.45, 2.75) is 51.7 Å². The van der Waals surface area contributed by atoms with Crippen molar-refractivity contribution in [1.29, 1.82) is 0 Å². The van der Waals surface area contributed by atoms with Crippen molar-refractivity contribution in [2.75, 3.05) is 26.7 Å². The van der Waals surface area contributed by atoms with Gasteiger partial charge in [-0.05, 0) is 31.9 Å². The van der Waals surface area contributed by atoms with Crippen LogP contribution in [-0.2, 0) is 16.1 Å². The molecular weight excluding hydrogens is 356 g/mol. The Hall–Kier alpha value is -2.25. The molecule has 1 aromatic heterocycles. The van der Waals surface area contributed by atoms with Crippen LogP contribution in [0.3, 0.4) is 0 Å². The molecule has 0 aliphatic carbocycles. The average molecular weight is 386 g/mol. The van der Waals surface area contributed by atoms with Gasteiger partial charge in [0.15, 0.2) is 0 Å². The van der Waals surface area contributed by atoms with Gasteiger partial charge in [-0.3, -0.25) is 19.1 Å². The number of carbonyl (C=O) groups excluding carboxylic acids is 1. The number of benzene rings is 1. The Balaban J connectivity index is 2.01. The number of para-hydroxylation sites is 1. The number of rotatable bonds is 7. The van der Waals surface area contributed by atoms with E-state index in [-0.39, 0.29) is 24.0 Å². The van der Waals surface area contributed by atoms with Crippen molar-refractivity contribution in [3.63, 3.8) is 0 Å². The number of ether oxygens (including phenoxy) is 1. The highest BCUT2D eigenvalue weighted by molar-refractivity contribution is 5.77. The summed E-state index contributed by atoms with van der Waals surface area (Å²) < 4.78 is 6.51. The molecule has 7 heteroatoms. The maximum Gasteiger partial charge on any atom is 0.305 e. The molecule has 28 heavy (non-hydrogen) atoms. The van der Waals surface area contributed by atoms with E-state index in [0.29, 0.717) is 24.4 Å². The third-order valence-corrected chi connectivity index (χ3v) is 5.41. The summed E-state index contributed by atoms with van der Waals surface area (Å²) in [5.41, 5.74) is 0.695. The van der Waals surface area contributed by atoms with Crippen LogP contribution in [0.2, 0.25) is 0 Å². The topological polar surface area (TPSA) is 76.5 Å². The van der Waals surface area contributed by atoms with Crippen LogP contribution in [0.5, 0.6) is 0 Å². The summed E-state index contributed by atoms with van der Waals surface area (Å²) in [4.78, 5) is 32.1. The Labute approximate surface area is 165 Å². The number of aromatic nitrogens is 2. The molecule has 152 valence electrons. The maximum atomic E-state index is 13.2. The van der Waals surface area contributed by atoms with E-state index in [2.05, 4.69) is 24.1 Å². The minimum Gasteiger partial charge on any atom is -0.469 e. The third-order valence-electron chi connectivity index (χ3n) is 5.41. The summed E-state index contributed by atoms with van der Waals surface area (Å²) in [5.74, 6) is 0.538. The fraction of sp³-hybridized carbons (Fsp3) is 0.571. The Bertz CT molecular complexity index is 880. The van der Waals surface area contributed by atoms with Crippen LogP contribution in [0.4, 0.5) is 0 Å². The molecule has 7 nitrogen and oxygen atoms in total. The van der Waals surface area contributed by atoms with Crippen molar-refractivity contribution in [1.82, 2.24) is 19.8 Å². The maximum absolute atomic E-state index is 13.2. The van der Waals surface area contributed by atoms with Gasteiger partial charge in [-0.1, -0.05) is 19.1 Å². The quantitative estimate of drug-likeness (QED) is 0.735. The Morgan fingerprint density at radius 3 is 2.89 bits per heavy atom. The van der Waals surface area contributed by atoms with Crippen molar-refractivity contribution in [3.05, 3.63) is 40.4 Å². The minimum atomic E-state index is -0.258. The molecule has 1 saturated heterocycles. The summed E-state index contributed by atoms with van der Waals surface area (Å²) in [6, 6.07) is 7.96. The van der Waals surface area contributed by atoms with Crippen molar-refractivity contribution < 1.29 is 9.53 Å². The summed E-state index contributed by atoms with van der Waals surface area (Å²) in [6.07, 6.45) is 1.71. The smallest absolute Gasteiger partial charge is 0.305 e. The highest BCUT2D eigenvalue weighted by atomic mass is 16.5. The lowest BCUT2D eigenvalue weighted by molar-refractivity contribution is -0.140. The Kier molecular flexibility index (Phi) is 6.80. The molecule has 2 heterocycles. The lowest BCUT2D eigenvalue weighted by Gasteiger charge is -2.37. The van der Waals surface area contributed by atoms with Gasteiger partial charge in [-0.15, -0.1) is 0 Å². The number of carbonyl (C=O) groups is 1. The van der Waals surface area contributed by atoms with Gasteiger partial charge in [0.05, 0.1) is 24.1 Å². The summed E-state index contributed by atoms with van der Waals surface area (Å²) in [5, 5.41) is 4.09. The Morgan fingerprint density at radius 1 is 1.39 bits per heavy atom. The molecule has 1 aromatic carbocycles. The number of hydrogen-bond acceptors (Lipinski definition) is 6. The van der Waals surface area contributed by atoms with E-state index in [4.69, 9.17) is 9.72 Å². The van der Waals surface area contributed by atoms with Crippen LogP contribution >= 0.6 is 0 Å². The van der Waals surface area contributed by atoms with Crippen molar-refractivity contribution in [3.8, 4) is 0 Å². The second-order valence-electron chi connectivity index (χ2n) is 7.40. The molecular formula is C21H30N4O3. The zero-order chi connectivity index (χ0) is 20.1. The first-order chi connectivity index (χ1) is 13.5. The first-order valence-electron chi connectivity index (χ1n) is 10.1. The molecule has 2 atom stereocenters. The molecule has 3 rings (SSSR count). The second-order valence-corrected chi connectivity index (χ2v) is 7.40. The van der Waals surface area contributed by atoms with Gasteiger partial charge in [0, 0.05) is 38.6 Å². The molecule has 2 aromatic rings. The number of fused-ring (bicyclic) bond motifs is 1. The van der Waals surface area contributed by atoms with Crippen LogP contribution in [0, 0.1) is 0 Å². The molecule has 0 saturated carbocycles. The second kappa shape index (κ2) is 9.30. The lowest BCUT2D eigenvalue weighted by Crippen LogP contribution is -2.51. The van der Waals surface area contributed by atoms with Crippen LogP contribution in [0.1, 0.15) is 45.0 Å². The minimum absolute atomic E-state index is 0.0351. The molecule has 1 aliphatic heterocycles. The average Bonchev–Trinajstić information content (AvgIpc) is 2.70. The van der Waals surface area contributed by atoms with E-state index in [1.165, 1.54) is 7.11 Å². The summed E-state index contributed by atoms with van der Waals surface area (Å²) in [6.45, 7) is 7.54. The number of piperazine rings is 1. The SMILES string of the molecule is CC[C@H](c1nc2ccccc2c(=O)n1CCCC(=O)OC)N1CCN[C@H](C)C1. The van der Waals surface area contributed by atoms with Gasteiger partial charge in [0.25, 0.3) is 5.56 Å². The van der Waals surface area contributed by atoms with E-state index in [9.17, 15) is 9.59 Å². The van der Waals surface area contributed by atoms with Gasteiger partial charge in [-0.2, -0.15) is 0 Å². The Morgan fingerprint density at radius 2 is 2.18 bits per heavy atom. The van der Waals surface area contributed by atoms with Gasteiger partial charge in [-0.25, -0.2) is 4.98 Å². The first kappa shape index (κ1) is 20.5. The lowest BCUT2D eigenvalue weighted by atomic mass is 10.1. The number of methoxy groups -OCH3 is 1. The molecule has 0 amide bonds. The third kappa shape index (κ3) is 4.42. The van der Waals surface area contributed by atoms with E-state index >= 15 is 0 Å². The zero-order valence-electron chi connectivity index (χ0n) is 17.0. The monoisotopic (exact) mass is 386 g/mol. The number of nitrogens with zero attached hydrogens (tertiary/aromatic N) is 3. The molecule has 0 unspecified atom stereocenters. The summed E-state index contributed by atoms with van der Waals surface area (Å²) in [7, 11) is 1.39. The normalized spacial score (nSPS) is 18.9. The van der Waals surface area contributed by atoms with Gasteiger partial charge < -0.3 is 10.1 Å². The van der Waals surface area contributed by atoms with E-state index < -0.39 is 0 Å². The first-order valence-corrected chi connectivity index (χ1v) is 10.1. The molecule has 0 spiro atoms. The number of nitrogens with one attached hydrogen (secondary N) is 1. The van der Waals surface area contributed by atoms with E-state index in [1.54, 1.807) is 4.57 Å². The van der Waals surface area contributed by atoms with Gasteiger partial charge >= 0.3 is 5.97 Å². The van der Waals surface area contributed by atoms with Crippen molar-refractivity contribution >= 4 is 16.9 Å². The van der Waals surface area contributed by atoms with Crippen molar-refractivity contribution in [2.24, 2.45) is 0 Å². The van der Waals surface area contributed by atoms with E-state index in [0.717, 1.165) is 37.4 Å². The fourth-order valence-corrected chi connectivity index (χ4v) is 3.99. The molecule has 1 fully saturated rings.